The third kappa shape index (κ3) is 144. The van der Waals surface area contributed by atoms with Crippen LogP contribution in [0.15, 0.2) is 12.7 Å². The number of carbonyl (C=O) groups is 7. The maximum atomic E-state index is 12.1. The predicted octanol–water partition coefficient (Wildman–Crippen LogP) is 19.8. The molecule has 0 aromatic heterocycles. The van der Waals surface area contributed by atoms with Crippen molar-refractivity contribution in [3.63, 3.8) is 0 Å². The Labute approximate surface area is 664 Å². The van der Waals surface area contributed by atoms with E-state index in [1.54, 1.807) is 6.08 Å². The second kappa shape index (κ2) is 108. The fourth-order valence-electron chi connectivity index (χ4n) is 10.0. The van der Waals surface area contributed by atoms with Crippen molar-refractivity contribution in [3.05, 3.63) is 12.7 Å². The second-order valence-corrected chi connectivity index (χ2v) is 29.1. The first kappa shape index (κ1) is 132. The van der Waals surface area contributed by atoms with Gasteiger partial charge in [-0.15, -0.1) is 6.58 Å². The molecule has 0 aliphatic rings. The lowest BCUT2D eigenvalue weighted by atomic mass is 10.1. The van der Waals surface area contributed by atoms with Crippen molar-refractivity contribution < 1.29 is 59.1 Å². The van der Waals surface area contributed by atoms with Gasteiger partial charge in [-0.05, 0) is 288 Å². The monoisotopic (exact) mass is 1540 g/mol. The summed E-state index contributed by atoms with van der Waals surface area (Å²) in [6.07, 6.45) is 37.1. The Hall–Kier alpha value is -4.25. The number of nitrogens with zero attached hydrogens (tertiary/aromatic N) is 3. The van der Waals surface area contributed by atoms with Crippen LogP contribution in [0.25, 0.3) is 0 Å². The molecule has 0 saturated heterocycles. The van der Waals surface area contributed by atoms with Gasteiger partial charge in [0.25, 0.3) is 0 Å². The minimum Gasteiger partial charge on any atom is -0.481 e. The highest BCUT2D eigenvalue weighted by atomic mass is 16.4. The SMILES string of the molecule is C.C.C.C.C.C.C=CCCC(=O)O.CC(C)CCCN.CC(C)CCCN.CC(C)CCCN(CCCCC(=O)NCCCCCCN)CCCCC(=O)NCCCCCCN.CC(C)CCCN(CCCCC(=O)O)CCCCC(=O)O.CC(C)CCCN(CCCCC(=O)O)CCCCC(=O)O.CCC. The quantitative estimate of drug-likeness (QED) is 0.0199. The molecule has 0 bridgehead atoms. The first-order valence-electron chi connectivity index (χ1n) is 40.3. The largest absolute Gasteiger partial charge is 0.481 e. The summed E-state index contributed by atoms with van der Waals surface area (Å²) in [4.78, 5) is 83.0. The molecule has 0 aromatic carbocycles. The molecule has 0 unspecified atom stereocenters. The molecule has 0 fully saturated rings. The fourth-order valence-corrected chi connectivity index (χ4v) is 10.0. The van der Waals surface area contributed by atoms with Gasteiger partial charge in [0.1, 0.15) is 0 Å². The van der Waals surface area contributed by atoms with E-state index in [0.29, 0.717) is 56.8 Å². The van der Waals surface area contributed by atoms with E-state index >= 15 is 0 Å². The summed E-state index contributed by atoms with van der Waals surface area (Å²) >= 11 is 0. The van der Waals surface area contributed by atoms with E-state index in [1.807, 2.05) is 0 Å². The molecule has 0 saturated carbocycles. The van der Waals surface area contributed by atoms with Crippen LogP contribution >= 0.6 is 0 Å². The van der Waals surface area contributed by atoms with Crippen LogP contribution in [0, 0.1) is 29.6 Å². The molecule has 0 radical (unpaired) electrons. The number of rotatable bonds is 63. The molecule has 0 heterocycles. The summed E-state index contributed by atoms with van der Waals surface area (Å²) in [6, 6.07) is 0. The maximum absolute atomic E-state index is 12.1. The zero-order chi connectivity index (χ0) is 78.0. The molecule has 2 amide bonds. The Balaban J connectivity index is -0.0000000971. The normalized spacial score (nSPS) is 10.2. The highest BCUT2D eigenvalue weighted by Gasteiger charge is 2.12. The molecule has 21 nitrogen and oxygen atoms in total. The Morgan fingerprint density at radius 3 is 0.673 bits per heavy atom. The van der Waals surface area contributed by atoms with Crippen LogP contribution in [0.3, 0.4) is 0 Å². The van der Waals surface area contributed by atoms with E-state index < -0.39 is 29.8 Å². The van der Waals surface area contributed by atoms with Crippen molar-refractivity contribution in [2.75, 3.05) is 98.2 Å². The number of carbonyl (C=O) groups excluding carboxylic acids is 2. The molecular weight excluding hydrogens is 1350 g/mol. The Morgan fingerprint density at radius 2 is 0.495 bits per heavy atom. The number of amides is 2. The molecular formula is C86H191N9O12. The lowest BCUT2D eigenvalue weighted by Crippen LogP contribution is -2.29. The van der Waals surface area contributed by atoms with Crippen molar-refractivity contribution in [2.24, 2.45) is 52.5 Å². The summed E-state index contributed by atoms with van der Waals surface area (Å²) in [5.41, 5.74) is 21.6. The van der Waals surface area contributed by atoms with Gasteiger partial charge in [-0.25, -0.2) is 0 Å². The van der Waals surface area contributed by atoms with E-state index in [9.17, 15) is 33.6 Å². The molecule has 15 N–H and O–H groups in total. The molecule has 0 aliphatic heterocycles. The van der Waals surface area contributed by atoms with Gasteiger partial charge >= 0.3 is 29.8 Å². The first-order chi connectivity index (χ1) is 48.0. The lowest BCUT2D eigenvalue weighted by molar-refractivity contribution is -0.138. The summed E-state index contributed by atoms with van der Waals surface area (Å²) in [6.45, 7) is 43.6. The van der Waals surface area contributed by atoms with Crippen LogP contribution in [0.4, 0.5) is 0 Å². The summed E-state index contributed by atoms with van der Waals surface area (Å²) in [5.74, 6) is 0.441. The predicted molar refractivity (Wildman–Crippen MR) is 466 cm³/mol. The van der Waals surface area contributed by atoms with Crippen molar-refractivity contribution in [3.8, 4) is 0 Å². The van der Waals surface area contributed by atoms with Gasteiger partial charge in [-0.1, -0.05) is 166 Å². The fraction of sp³-hybridized carbons (Fsp3) is 0.895. The van der Waals surface area contributed by atoms with Crippen molar-refractivity contribution in [2.45, 2.75) is 378 Å². The van der Waals surface area contributed by atoms with Crippen molar-refractivity contribution in [1.29, 1.82) is 0 Å². The van der Waals surface area contributed by atoms with E-state index in [4.69, 9.17) is 48.5 Å². The van der Waals surface area contributed by atoms with Crippen molar-refractivity contribution >= 4 is 41.7 Å². The highest BCUT2D eigenvalue weighted by molar-refractivity contribution is 5.76. The van der Waals surface area contributed by atoms with Gasteiger partial charge in [0.2, 0.25) is 11.8 Å². The number of hydrogen-bond donors (Lipinski definition) is 11. The van der Waals surface area contributed by atoms with Crippen molar-refractivity contribution in [1.82, 2.24) is 25.3 Å². The zero-order valence-corrected chi connectivity index (χ0v) is 67.6. The van der Waals surface area contributed by atoms with Crippen LogP contribution < -0.4 is 33.6 Å². The third-order valence-corrected chi connectivity index (χ3v) is 15.9. The number of carboxylic acids is 5. The molecule has 0 spiro atoms. The van der Waals surface area contributed by atoms with Crippen LogP contribution in [-0.2, 0) is 33.6 Å². The molecule has 107 heavy (non-hydrogen) atoms. The summed E-state index contributed by atoms with van der Waals surface area (Å²) < 4.78 is 0. The minimum absolute atomic E-state index is 0. The number of hydrogen-bond acceptors (Lipinski definition) is 14. The molecule has 0 rings (SSSR count). The Bertz CT molecular complexity index is 1650. The molecule has 652 valence electrons. The van der Waals surface area contributed by atoms with Crippen LogP contribution in [-0.4, -0.2) is 180 Å². The second-order valence-electron chi connectivity index (χ2n) is 29.1. The van der Waals surface area contributed by atoms with E-state index in [1.165, 1.54) is 57.8 Å². The standard InChI is InChI=1S/C28H59N5O2.2C16H31NO4.2C6H15N.C5H8O2.C3H8.6CH4/c1-26(2)16-15-25-33(23-13-7-17-27(34)31-21-11-5-3-9-19-29)24-14-8-18-28(35)32-22-12-6-4-10-20-30;2*1-14(2)8-7-13-17(11-5-3-9-15(18)19)12-6-4-10-16(20)21;2*1-6(2)4-3-5-7;1-2-3-4-5(6)7;1-3-2;;;;;;/h26H,3-25,29-30H2,1-2H3,(H,31,34)(H,32,35);2*14H,3-13H2,1-2H3,(H,18,19)(H,20,21);2*6H,3-5,7H2,1-2H3;2H,1,3-4H2,(H,6,7);3H2,1-2H3;6*1H4. The Morgan fingerprint density at radius 1 is 0.299 bits per heavy atom. The van der Waals surface area contributed by atoms with Crippen LogP contribution in [0.5, 0.6) is 0 Å². The van der Waals surface area contributed by atoms with Gasteiger partial charge in [-0.3, -0.25) is 33.6 Å². The molecule has 21 heteroatoms. The first-order valence-corrected chi connectivity index (χ1v) is 40.3. The number of unbranched alkanes of at least 4 members (excludes halogenated alkanes) is 12. The van der Waals surface area contributed by atoms with Crippen LogP contribution in [0.2, 0.25) is 0 Å². The third-order valence-electron chi connectivity index (χ3n) is 15.9. The number of allylic oxidation sites excluding steroid dienone is 1. The summed E-state index contributed by atoms with van der Waals surface area (Å²) in [5, 5.41) is 48.6. The van der Waals surface area contributed by atoms with Gasteiger partial charge in [0, 0.05) is 58.0 Å². The average molecular weight is 1540 g/mol. The number of aliphatic carboxylic acids is 5. The average Bonchev–Trinajstić information content (AvgIpc) is 1.02. The topological polar surface area (TPSA) is 359 Å². The molecule has 0 aliphatic carbocycles. The van der Waals surface area contributed by atoms with E-state index in [0.717, 1.165) is 231 Å². The molecule has 0 atom stereocenters. The van der Waals surface area contributed by atoms with Gasteiger partial charge in [-0.2, -0.15) is 0 Å². The van der Waals surface area contributed by atoms with Gasteiger partial charge in [0.15, 0.2) is 0 Å². The Kier molecular flexibility index (Phi) is 133. The van der Waals surface area contributed by atoms with E-state index in [-0.39, 0.29) is 88.5 Å². The highest BCUT2D eigenvalue weighted by Crippen LogP contribution is 2.13. The lowest BCUT2D eigenvalue weighted by Gasteiger charge is -2.22. The number of nitrogens with one attached hydrogen (secondary N) is 2. The minimum atomic E-state index is -0.764. The van der Waals surface area contributed by atoms with Crippen LogP contribution in [0.1, 0.15) is 378 Å². The van der Waals surface area contributed by atoms with Gasteiger partial charge < -0.3 is 73.8 Å². The molecule has 0 aromatic rings. The smallest absolute Gasteiger partial charge is 0.303 e. The van der Waals surface area contributed by atoms with Gasteiger partial charge in [0.05, 0.1) is 0 Å². The van der Waals surface area contributed by atoms with E-state index in [2.05, 4.69) is 115 Å². The zero-order valence-electron chi connectivity index (χ0n) is 67.6. The maximum Gasteiger partial charge on any atom is 0.303 e. The summed E-state index contributed by atoms with van der Waals surface area (Å²) in [7, 11) is 0. The number of carboxylic acid groups (broad SMARTS) is 5. The number of nitrogens with two attached hydrogens (primary N) is 4.